The molecule has 0 amide bonds. The molecule has 22 heavy (non-hydrogen) atoms. The van der Waals surface area contributed by atoms with Crippen LogP contribution in [-0.4, -0.2) is 58.7 Å². The standard InChI is InChI=1S/C18H33N2O2/c1-3-4-5-7-11-16(18(21)22)20-14-9-6-8-12-17(20)19(2)13-10-15-20/h16H,3-15H2,1-2H3/q+1/p+1. The minimum Gasteiger partial charge on any atom is -0.477 e. The fourth-order valence-corrected chi connectivity index (χ4v) is 4.53. The number of unbranched alkanes of at least 4 members (excludes halogenated alkanes) is 3. The first-order chi connectivity index (χ1) is 10.6. The lowest BCUT2D eigenvalue weighted by Crippen LogP contribution is -2.66. The van der Waals surface area contributed by atoms with E-state index in [1.54, 1.807) is 0 Å². The third-order valence-corrected chi connectivity index (χ3v) is 5.68. The van der Waals surface area contributed by atoms with Gasteiger partial charge in [-0.25, -0.2) is 9.28 Å². The van der Waals surface area contributed by atoms with Crippen molar-refractivity contribution in [2.24, 2.45) is 0 Å². The van der Waals surface area contributed by atoms with Gasteiger partial charge < -0.3 is 5.11 Å². The first kappa shape index (κ1) is 17.5. The van der Waals surface area contributed by atoms with Crippen molar-refractivity contribution in [2.45, 2.75) is 77.2 Å². The van der Waals surface area contributed by atoms with Crippen molar-refractivity contribution in [2.75, 3.05) is 26.7 Å². The highest BCUT2D eigenvalue weighted by Crippen LogP contribution is 2.30. The molecule has 0 aromatic heterocycles. The van der Waals surface area contributed by atoms with E-state index in [0.717, 1.165) is 49.8 Å². The molecule has 2 atom stereocenters. The van der Waals surface area contributed by atoms with Crippen LogP contribution in [0.4, 0.5) is 0 Å². The van der Waals surface area contributed by atoms with E-state index >= 15 is 0 Å². The summed E-state index contributed by atoms with van der Waals surface area (Å²) < 4.78 is 3.13. The number of carbonyl (C=O) groups is 1. The van der Waals surface area contributed by atoms with E-state index in [4.69, 9.17) is 0 Å². The van der Waals surface area contributed by atoms with E-state index in [9.17, 15) is 9.90 Å². The largest absolute Gasteiger partial charge is 0.477 e. The maximum Gasteiger partial charge on any atom is 0.363 e. The average molecular weight is 310 g/mol. The fourth-order valence-electron chi connectivity index (χ4n) is 4.53. The summed E-state index contributed by atoms with van der Waals surface area (Å²) >= 11 is 0. The zero-order valence-corrected chi connectivity index (χ0v) is 14.5. The fraction of sp³-hybridized carbons (Fsp3) is 0.889. The minimum atomic E-state index is -0.578. The molecule has 2 unspecified atom stereocenters. The van der Waals surface area contributed by atoms with Crippen LogP contribution in [-0.2, 0) is 4.79 Å². The number of fused-ring (bicyclic) bond motifs is 1. The molecule has 0 spiro atoms. The molecular weight excluding hydrogens is 276 g/mol. The molecule has 2 rings (SSSR count). The van der Waals surface area contributed by atoms with Gasteiger partial charge in [0.2, 0.25) is 0 Å². The van der Waals surface area contributed by atoms with Gasteiger partial charge in [0.05, 0.1) is 25.9 Å². The molecule has 126 valence electrons. The molecule has 1 fully saturated rings. The summed E-state index contributed by atoms with van der Waals surface area (Å²) in [6, 6.07) is -0.229. The van der Waals surface area contributed by atoms with Gasteiger partial charge in [-0.05, 0) is 25.7 Å². The molecule has 1 saturated heterocycles. The topological polar surface area (TPSA) is 40.3 Å². The zero-order chi connectivity index (χ0) is 16.0. The van der Waals surface area contributed by atoms with Gasteiger partial charge in [-0.2, -0.15) is 4.58 Å². The van der Waals surface area contributed by atoms with Crippen molar-refractivity contribution in [1.29, 1.82) is 0 Å². The monoisotopic (exact) mass is 310 g/mol. The van der Waals surface area contributed by atoms with Crippen molar-refractivity contribution in [3.63, 3.8) is 0 Å². The van der Waals surface area contributed by atoms with E-state index < -0.39 is 5.97 Å². The smallest absolute Gasteiger partial charge is 0.363 e. The Labute approximate surface area is 135 Å². The van der Waals surface area contributed by atoms with Crippen LogP contribution in [0.3, 0.4) is 0 Å². The molecule has 1 N–H and O–H groups in total. The molecule has 0 aromatic rings. The van der Waals surface area contributed by atoms with Gasteiger partial charge in [-0.3, -0.25) is 0 Å². The second kappa shape index (κ2) is 8.09. The number of hydrogen-bond acceptors (Lipinski definition) is 1. The normalized spacial score (nSPS) is 27.2. The van der Waals surface area contributed by atoms with Gasteiger partial charge in [-0.15, -0.1) is 0 Å². The number of carboxylic acid groups (broad SMARTS) is 1. The molecule has 2 aliphatic rings. The second-order valence-corrected chi connectivity index (χ2v) is 7.19. The van der Waals surface area contributed by atoms with Crippen molar-refractivity contribution < 1.29 is 19.0 Å². The van der Waals surface area contributed by atoms with Crippen LogP contribution in [0.25, 0.3) is 0 Å². The summed E-state index contributed by atoms with van der Waals surface area (Å²) in [5.41, 5.74) is 0. The number of amidine groups is 1. The van der Waals surface area contributed by atoms with Crippen LogP contribution in [0.15, 0.2) is 0 Å². The Morgan fingerprint density at radius 1 is 1.18 bits per heavy atom. The highest BCUT2D eigenvalue weighted by atomic mass is 16.4. The van der Waals surface area contributed by atoms with Crippen LogP contribution >= 0.6 is 0 Å². The van der Waals surface area contributed by atoms with Gasteiger partial charge >= 0.3 is 11.8 Å². The minimum absolute atomic E-state index is 0.229. The van der Waals surface area contributed by atoms with Crippen molar-refractivity contribution in [3.05, 3.63) is 0 Å². The van der Waals surface area contributed by atoms with Gasteiger partial charge in [0.15, 0.2) is 12.6 Å². The molecular formula is C18H34N2O2+2. The van der Waals surface area contributed by atoms with Gasteiger partial charge in [0.25, 0.3) is 0 Å². The van der Waals surface area contributed by atoms with Gasteiger partial charge in [0, 0.05) is 6.42 Å². The molecule has 4 heteroatoms. The summed E-state index contributed by atoms with van der Waals surface area (Å²) in [7, 11) is 2.17. The third kappa shape index (κ3) is 3.70. The summed E-state index contributed by atoms with van der Waals surface area (Å²) in [5, 5.41) is 9.95. The molecule has 0 radical (unpaired) electrons. The highest BCUT2D eigenvalue weighted by molar-refractivity contribution is 5.78. The van der Waals surface area contributed by atoms with Crippen molar-refractivity contribution in [3.8, 4) is 0 Å². The van der Waals surface area contributed by atoms with E-state index in [2.05, 4.69) is 18.5 Å². The quantitative estimate of drug-likeness (QED) is 0.445. The number of rotatable bonds is 7. The molecule has 0 aliphatic carbocycles. The Kier molecular flexibility index (Phi) is 6.42. The van der Waals surface area contributed by atoms with Crippen molar-refractivity contribution >= 4 is 11.8 Å². The third-order valence-electron chi connectivity index (χ3n) is 5.68. The summed E-state index contributed by atoms with van der Waals surface area (Å²) in [6.07, 6.45) is 11.4. The first-order valence-corrected chi connectivity index (χ1v) is 9.29. The Morgan fingerprint density at radius 2 is 1.95 bits per heavy atom. The molecule has 2 heterocycles. The van der Waals surface area contributed by atoms with Crippen LogP contribution in [0, 0.1) is 0 Å². The molecule has 0 aromatic carbocycles. The molecule has 4 nitrogen and oxygen atoms in total. The number of hydrogen-bond donors (Lipinski definition) is 1. The summed E-state index contributed by atoms with van der Waals surface area (Å²) in [5.74, 6) is 0.831. The SMILES string of the molecule is CCCCCCC(C(=O)O)[N+]12CCCCCC1=[N+](C)CCC2. The number of aliphatic carboxylic acids is 1. The molecule has 0 saturated carbocycles. The predicted octanol–water partition coefficient (Wildman–Crippen LogP) is 3.25. The maximum atomic E-state index is 12.1. The number of nitrogens with zero attached hydrogens (tertiary/aromatic N) is 2. The van der Waals surface area contributed by atoms with E-state index in [0.29, 0.717) is 0 Å². The van der Waals surface area contributed by atoms with E-state index in [1.807, 2.05) is 0 Å². The van der Waals surface area contributed by atoms with Gasteiger partial charge in [0.1, 0.15) is 7.05 Å². The highest BCUT2D eigenvalue weighted by Gasteiger charge is 2.51. The molecule has 2 aliphatic heterocycles. The van der Waals surface area contributed by atoms with Crippen LogP contribution in [0.5, 0.6) is 0 Å². The number of quaternary nitrogens is 1. The Balaban J connectivity index is 2.24. The first-order valence-electron chi connectivity index (χ1n) is 9.29. The van der Waals surface area contributed by atoms with Crippen molar-refractivity contribution in [1.82, 2.24) is 0 Å². The summed E-state index contributed by atoms with van der Waals surface area (Å²) in [4.78, 5) is 12.1. The van der Waals surface area contributed by atoms with Crippen LogP contribution in [0.2, 0.25) is 0 Å². The van der Waals surface area contributed by atoms with E-state index in [1.165, 1.54) is 44.4 Å². The predicted molar refractivity (Wildman–Crippen MR) is 89.3 cm³/mol. The Morgan fingerprint density at radius 3 is 2.68 bits per heavy atom. The van der Waals surface area contributed by atoms with Gasteiger partial charge in [-0.1, -0.05) is 26.2 Å². The molecule has 0 bridgehead atoms. The lowest BCUT2D eigenvalue weighted by atomic mass is 10.00. The maximum absolute atomic E-state index is 12.1. The van der Waals surface area contributed by atoms with Crippen LogP contribution in [0.1, 0.15) is 71.1 Å². The zero-order valence-electron chi connectivity index (χ0n) is 14.5. The summed E-state index contributed by atoms with van der Waals surface area (Å²) in [6.45, 7) is 5.36. The Bertz CT molecular complexity index is 419. The lowest BCUT2D eigenvalue weighted by Gasteiger charge is -2.42. The average Bonchev–Trinajstić information content (AvgIpc) is 2.71. The lowest BCUT2D eigenvalue weighted by molar-refractivity contribution is -0.891. The second-order valence-electron chi connectivity index (χ2n) is 7.19. The Hall–Kier alpha value is -0.900. The number of carboxylic acids is 1. The van der Waals surface area contributed by atoms with Crippen LogP contribution < -0.4 is 0 Å². The van der Waals surface area contributed by atoms with E-state index in [-0.39, 0.29) is 6.04 Å².